The van der Waals surface area contributed by atoms with Crippen molar-refractivity contribution in [2.75, 3.05) is 12.0 Å². The van der Waals surface area contributed by atoms with E-state index in [-0.39, 0.29) is 17.1 Å². The van der Waals surface area contributed by atoms with Gasteiger partial charge >= 0.3 is 6.03 Å². The molecule has 0 aromatic heterocycles. The van der Waals surface area contributed by atoms with Crippen LogP contribution < -0.4 is 15.0 Å². The number of nitrogens with zero attached hydrogens (tertiary/aromatic N) is 2. The van der Waals surface area contributed by atoms with Crippen molar-refractivity contribution in [1.29, 1.82) is 0 Å². The van der Waals surface area contributed by atoms with Crippen molar-refractivity contribution >= 4 is 29.2 Å². The van der Waals surface area contributed by atoms with Crippen molar-refractivity contribution in [2.24, 2.45) is 0 Å². The van der Waals surface area contributed by atoms with Gasteiger partial charge in [0.2, 0.25) is 11.8 Å². The lowest BCUT2D eigenvalue weighted by Gasteiger charge is -2.25. The number of carbonyl (C=O) groups is 3. The van der Waals surface area contributed by atoms with Crippen LogP contribution in [-0.4, -0.2) is 29.9 Å². The zero-order chi connectivity index (χ0) is 14.9. The molecule has 1 N–H and O–H groups in total. The summed E-state index contributed by atoms with van der Waals surface area (Å²) >= 11 is 0. The molecule has 0 spiro atoms. The van der Waals surface area contributed by atoms with E-state index in [4.69, 9.17) is 4.74 Å². The number of hydrogen-bond acceptors (Lipinski definition) is 6. The van der Waals surface area contributed by atoms with Gasteiger partial charge < -0.3 is 4.74 Å². The minimum Gasteiger partial charge on any atom is -0.494 e. The highest BCUT2D eigenvalue weighted by Crippen LogP contribution is 2.33. The van der Waals surface area contributed by atoms with E-state index in [0.717, 1.165) is 12.1 Å². The third-order valence-corrected chi connectivity index (χ3v) is 2.63. The normalized spacial score (nSPS) is 15.1. The van der Waals surface area contributed by atoms with Gasteiger partial charge in [-0.05, 0) is 6.07 Å². The summed E-state index contributed by atoms with van der Waals surface area (Å²) in [6.07, 6.45) is -0.480. The van der Waals surface area contributed by atoms with Gasteiger partial charge in [-0.3, -0.25) is 25.0 Å². The summed E-state index contributed by atoms with van der Waals surface area (Å²) in [6, 6.07) is 2.52. The van der Waals surface area contributed by atoms with Crippen LogP contribution in [0.15, 0.2) is 18.2 Å². The van der Waals surface area contributed by atoms with Gasteiger partial charge in [0.1, 0.15) is 12.2 Å². The Kier molecular flexibility index (Phi) is 3.34. The third kappa shape index (κ3) is 2.28. The highest BCUT2D eigenvalue weighted by molar-refractivity contribution is 6.26. The van der Waals surface area contributed by atoms with E-state index in [1.165, 1.54) is 13.2 Å². The second-order valence-corrected chi connectivity index (χ2v) is 3.87. The van der Waals surface area contributed by atoms with E-state index >= 15 is 0 Å². The number of nitro groups is 1. The van der Waals surface area contributed by atoms with Crippen molar-refractivity contribution in [3.8, 4) is 5.75 Å². The van der Waals surface area contributed by atoms with E-state index in [1.807, 2.05) is 5.32 Å². The molecule has 20 heavy (non-hydrogen) atoms. The van der Waals surface area contributed by atoms with Crippen molar-refractivity contribution in [3.63, 3.8) is 0 Å². The number of urea groups is 1. The number of rotatable bonds is 3. The van der Waals surface area contributed by atoms with Gasteiger partial charge in [-0.1, -0.05) is 0 Å². The summed E-state index contributed by atoms with van der Waals surface area (Å²) in [5.74, 6) is -1.44. The van der Waals surface area contributed by atoms with Gasteiger partial charge in [0.05, 0.1) is 23.8 Å². The largest absolute Gasteiger partial charge is 0.494 e. The average molecular weight is 279 g/mol. The molecule has 1 aromatic rings. The molecule has 9 nitrogen and oxygen atoms in total. The number of imide groups is 2. The van der Waals surface area contributed by atoms with Crippen LogP contribution in [-0.2, 0) is 9.59 Å². The van der Waals surface area contributed by atoms with E-state index in [2.05, 4.69) is 0 Å². The van der Waals surface area contributed by atoms with E-state index in [1.54, 1.807) is 0 Å². The van der Waals surface area contributed by atoms with Crippen LogP contribution in [0.4, 0.5) is 16.2 Å². The van der Waals surface area contributed by atoms with Crippen LogP contribution in [0.5, 0.6) is 5.75 Å². The predicted molar refractivity (Wildman–Crippen MR) is 65.3 cm³/mol. The number of ether oxygens (including phenoxy) is 1. The molecule has 1 saturated heterocycles. The average Bonchev–Trinajstić information content (AvgIpc) is 2.37. The first kappa shape index (κ1) is 13.5. The molecule has 4 amide bonds. The zero-order valence-corrected chi connectivity index (χ0v) is 10.3. The van der Waals surface area contributed by atoms with Crippen molar-refractivity contribution in [2.45, 2.75) is 6.42 Å². The number of nitrogens with one attached hydrogen (secondary N) is 1. The molecule has 0 radical (unpaired) electrons. The number of barbiturate groups is 1. The van der Waals surface area contributed by atoms with E-state index < -0.39 is 29.2 Å². The zero-order valence-electron chi connectivity index (χ0n) is 10.3. The quantitative estimate of drug-likeness (QED) is 0.491. The number of nitro benzene ring substituents is 1. The highest BCUT2D eigenvalue weighted by Gasteiger charge is 2.34. The second kappa shape index (κ2) is 4.96. The minimum absolute atomic E-state index is 0.0166. The lowest BCUT2D eigenvalue weighted by molar-refractivity contribution is -0.384. The molecule has 0 atom stereocenters. The molecular formula is C11H9N3O6. The molecule has 0 bridgehead atoms. The Hall–Kier alpha value is -2.97. The third-order valence-electron chi connectivity index (χ3n) is 2.63. The van der Waals surface area contributed by atoms with E-state index in [9.17, 15) is 24.5 Å². The minimum atomic E-state index is -0.918. The van der Waals surface area contributed by atoms with E-state index in [0.29, 0.717) is 4.90 Å². The van der Waals surface area contributed by atoms with Crippen LogP contribution in [0.2, 0.25) is 0 Å². The van der Waals surface area contributed by atoms with Gasteiger partial charge in [-0.25, -0.2) is 9.69 Å². The number of amides is 4. The fourth-order valence-electron chi connectivity index (χ4n) is 1.76. The Bertz CT molecular complexity index is 607. The monoisotopic (exact) mass is 279 g/mol. The molecule has 0 aliphatic carbocycles. The maximum Gasteiger partial charge on any atom is 0.335 e. The molecular weight excluding hydrogens is 270 g/mol. The highest BCUT2D eigenvalue weighted by atomic mass is 16.6. The van der Waals surface area contributed by atoms with Crippen LogP contribution in [0.1, 0.15) is 6.42 Å². The summed E-state index contributed by atoms with van der Waals surface area (Å²) < 4.78 is 4.95. The lowest BCUT2D eigenvalue weighted by Crippen LogP contribution is -2.53. The molecule has 104 valence electrons. The summed E-state index contributed by atoms with van der Waals surface area (Å²) in [4.78, 5) is 45.3. The Morgan fingerprint density at radius 2 is 2.05 bits per heavy atom. The van der Waals surface area contributed by atoms with Gasteiger partial charge in [0.25, 0.3) is 5.69 Å². The first-order valence-corrected chi connectivity index (χ1v) is 5.43. The van der Waals surface area contributed by atoms with Gasteiger partial charge in [-0.2, -0.15) is 0 Å². The number of benzene rings is 1. The SMILES string of the molecule is COc1cc([N+](=O)[O-])ccc1N1C(=O)CC(=O)NC1=O. The van der Waals surface area contributed by atoms with Crippen molar-refractivity contribution < 1.29 is 24.0 Å². The first-order chi connectivity index (χ1) is 9.43. The second-order valence-electron chi connectivity index (χ2n) is 3.87. The van der Waals surface area contributed by atoms with Crippen molar-refractivity contribution in [3.05, 3.63) is 28.3 Å². The van der Waals surface area contributed by atoms with Crippen LogP contribution in [0, 0.1) is 10.1 Å². The maximum absolute atomic E-state index is 11.8. The Balaban J connectivity index is 2.46. The topological polar surface area (TPSA) is 119 Å². The van der Waals surface area contributed by atoms with Crippen LogP contribution in [0.3, 0.4) is 0 Å². The van der Waals surface area contributed by atoms with Gasteiger partial charge in [0.15, 0.2) is 0 Å². The molecule has 0 saturated carbocycles. The molecule has 1 fully saturated rings. The van der Waals surface area contributed by atoms with Crippen molar-refractivity contribution in [1.82, 2.24) is 5.32 Å². The summed E-state index contributed by atoms with van der Waals surface area (Å²) in [6.45, 7) is 0. The number of methoxy groups -OCH3 is 1. The summed E-state index contributed by atoms with van der Waals surface area (Å²) in [5.41, 5.74) is -0.209. The molecule has 1 aliphatic heterocycles. The van der Waals surface area contributed by atoms with Gasteiger partial charge in [0, 0.05) is 6.07 Å². The fourth-order valence-corrected chi connectivity index (χ4v) is 1.76. The maximum atomic E-state index is 11.8. The predicted octanol–water partition coefficient (Wildman–Crippen LogP) is 0.576. The molecule has 1 aromatic carbocycles. The number of non-ortho nitro benzene ring substituents is 1. The van der Waals surface area contributed by atoms with Crippen LogP contribution in [0.25, 0.3) is 0 Å². The lowest BCUT2D eigenvalue weighted by atomic mass is 10.2. The standard InChI is InChI=1S/C11H9N3O6/c1-20-8-4-6(14(18)19)2-3-7(8)13-10(16)5-9(15)12-11(13)17/h2-4H,5H2,1H3,(H,12,15,17). The first-order valence-electron chi connectivity index (χ1n) is 5.43. The summed E-state index contributed by atoms with van der Waals surface area (Å²) in [5, 5.41) is 12.7. The smallest absolute Gasteiger partial charge is 0.335 e. The van der Waals surface area contributed by atoms with Gasteiger partial charge in [-0.15, -0.1) is 0 Å². The number of anilines is 1. The molecule has 0 unspecified atom stereocenters. The number of carbonyl (C=O) groups excluding carboxylic acids is 3. The molecule has 9 heteroatoms. The molecule has 1 aliphatic rings. The fraction of sp³-hybridized carbons (Fsp3) is 0.182. The number of hydrogen-bond donors (Lipinski definition) is 1. The Labute approximate surface area is 112 Å². The Morgan fingerprint density at radius 1 is 1.35 bits per heavy atom. The Morgan fingerprint density at radius 3 is 2.60 bits per heavy atom. The van der Waals surface area contributed by atoms with Crippen LogP contribution >= 0.6 is 0 Å². The molecule has 1 heterocycles. The molecule has 2 rings (SSSR count). The summed E-state index contributed by atoms with van der Waals surface area (Å²) in [7, 11) is 1.25.